The van der Waals surface area contributed by atoms with E-state index in [1.54, 1.807) is 0 Å². The van der Waals surface area contributed by atoms with Gasteiger partial charge in [-0.2, -0.15) is 0 Å². The van der Waals surface area contributed by atoms with Crippen molar-refractivity contribution in [2.45, 2.75) is 32.1 Å². The minimum Gasteiger partial charge on any atom is -0.481 e. The lowest BCUT2D eigenvalue weighted by molar-refractivity contribution is -0.161. The first-order valence-corrected chi connectivity index (χ1v) is 7.36. The fourth-order valence-electron chi connectivity index (χ4n) is 3.57. The average molecular weight is 298 g/mol. The topological polar surface area (TPSA) is 121 Å². The number of nitrogens with zero attached hydrogens (tertiary/aromatic N) is 1. The van der Waals surface area contributed by atoms with Crippen LogP contribution >= 0.6 is 0 Å². The van der Waals surface area contributed by atoms with Crippen LogP contribution in [-0.2, 0) is 14.4 Å². The van der Waals surface area contributed by atoms with Gasteiger partial charge in [-0.05, 0) is 19.3 Å². The Morgan fingerprint density at radius 2 is 1.67 bits per heavy atom. The van der Waals surface area contributed by atoms with Crippen LogP contribution in [0.4, 0.5) is 0 Å². The van der Waals surface area contributed by atoms with E-state index >= 15 is 0 Å². The van der Waals surface area contributed by atoms with Crippen molar-refractivity contribution in [3.63, 3.8) is 0 Å². The molecule has 1 aliphatic carbocycles. The Bertz CT molecular complexity index is 445. The normalized spacial score (nSPS) is 28.3. The highest BCUT2D eigenvalue weighted by atomic mass is 16.4. The number of likely N-dealkylation sites (tertiary alicyclic amines) is 1. The first-order valence-electron chi connectivity index (χ1n) is 7.36. The van der Waals surface area contributed by atoms with E-state index in [1.807, 2.05) is 0 Å². The summed E-state index contributed by atoms with van der Waals surface area (Å²) in [7, 11) is 0. The average Bonchev–Trinajstić information content (AvgIpc) is 2.95. The van der Waals surface area contributed by atoms with Gasteiger partial charge in [0.2, 0.25) is 5.91 Å². The minimum absolute atomic E-state index is 0.0348. The number of carbonyl (C=O) groups excluding carboxylic acids is 1. The molecule has 21 heavy (non-hydrogen) atoms. The number of amides is 1. The molecule has 7 nitrogen and oxygen atoms in total. The smallest absolute Gasteiger partial charge is 0.309 e. The van der Waals surface area contributed by atoms with Gasteiger partial charge in [-0.3, -0.25) is 14.4 Å². The van der Waals surface area contributed by atoms with Gasteiger partial charge in [0, 0.05) is 19.6 Å². The molecule has 0 aromatic heterocycles. The largest absolute Gasteiger partial charge is 0.481 e. The third kappa shape index (κ3) is 2.88. The summed E-state index contributed by atoms with van der Waals surface area (Å²) in [5.74, 6) is -4.34. The first-order chi connectivity index (χ1) is 9.91. The van der Waals surface area contributed by atoms with Crippen LogP contribution in [0.15, 0.2) is 0 Å². The lowest BCUT2D eigenvalue weighted by Crippen LogP contribution is -2.54. The van der Waals surface area contributed by atoms with E-state index in [4.69, 9.17) is 10.8 Å². The molecule has 0 radical (unpaired) electrons. The third-order valence-electron chi connectivity index (χ3n) is 4.94. The number of carboxylic acid groups (broad SMARTS) is 2. The molecule has 7 heteroatoms. The van der Waals surface area contributed by atoms with Gasteiger partial charge in [-0.25, -0.2) is 0 Å². The van der Waals surface area contributed by atoms with Gasteiger partial charge >= 0.3 is 11.9 Å². The molecule has 0 spiro atoms. The van der Waals surface area contributed by atoms with Gasteiger partial charge in [-0.1, -0.05) is 12.8 Å². The summed E-state index contributed by atoms with van der Waals surface area (Å²) in [6, 6.07) is 0. The summed E-state index contributed by atoms with van der Waals surface area (Å²) in [6.07, 6.45) is 3.56. The van der Waals surface area contributed by atoms with Crippen LogP contribution in [0.1, 0.15) is 32.1 Å². The molecule has 2 aliphatic rings. The first kappa shape index (κ1) is 15.8. The second-order valence-corrected chi connectivity index (χ2v) is 6.12. The molecule has 0 aromatic carbocycles. The zero-order valence-corrected chi connectivity index (χ0v) is 12.0. The van der Waals surface area contributed by atoms with Crippen molar-refractivity contribution >= 4 is 17.8 Å². The molecule has 1 heterocycles. The molecule has 2 fully saturated rings. The van der Waals surface area contributed by atoms with Crippen LogP contribution in [0.25, 0.3) is 0 Å². The Kier molecular flexibility index (Phi) is 4.51. The zero-order chi connectivity index (χ0) is 15.6. The summed E-state index contributed by atoms with van der Waals surface area (Å²) < 4.78 is 0. The second kappa shape index (κ2) is 6.01. The van der Waals surface area contributed by atoms with Crippen molar-refractivity contribution in [1.82, 2.24) is 4.90 Å². The number of nitrogens with two attached hydrogens (primary N) is 1. The molecule has 0 aromatic rings. The quantitative estimate of drug-likeness (QED) is 0.679. The molecule has 2 atom stereocenters. The molecule has 118 valence electrons. The molecule has 4 N–H and O–H groups in total. The number of rotatable bonds is 4. The van der Waals surface area contributed by atoms with Crippen molar-refractivity contribution < 1.29 is 24.6 Å². The lowest BCUT2D eigenvalue weighted by atomic mass is 9.81. The summed E-state index contributed by atoms with van der Waals surface area (Å²) in [5.41, 5.74) is 5.22. The van der Waals surface area contributed by atoms with E-state index in [0.29, 0.717) is 6.54 Å². The third-order valence-corrected chi connectivity index (χ3v) is 4.94. The van der Waals surface area contributed by atoms with Gasteiger partial charge < -0.3 is 20.8 Å². The molecule has 1 saturated heterocycles. The Morgan fingerprint density at radius 3 is 2.14 bits per heavy atom. The Hall–Kier alpha value is -1.63. The number of carbonyl (C=O) groups is 3. The molecule has 2 unspecified atom stereocenters. The highest BCUT2D eigenvalue weighted by Gasteiger charge is 2.46. The molecule has 1 amide bonds. The van der Waals surface area contributed by atoms with Crippen LogP contribution in [0.5, 0.6) is 0 Å². The predicted molar refractivity (Wildman–Crippen MR) is 73.4 cm³/mol. The number of hydrogen-bond acceptors (Lipinski definition) is 4. The SMILES string of the molecule is NCC1(C(=O)N2CCC(C(=O)O)C(C(=O)O)C2)CCCC1. The number of carboxylic acids is 2. The van der Waals surface area contributed by atoms with E-state index in [2.05, 4.69) is 0 Å². The van der Waals surface area contributed by atoms with E-state index in [0.717, 1.165) is 25.7 Å². The van der Waals surface area contributed by atoms with Crippen LogP contribution in [-0.4, -0.2) is 52.6 Å². The summed E-state index contributed by atoms with van der Waals surface area (Å²) in [4.78, 5) is 36.6. The summed E-state index contributed by atoms with van der Waals surface area (Å²) in [5, 5.41) is 18.3. The monoisotopic (exact) mass is 298 g/mol. The second-order valence-electron chi connectivity index (χ2n) is 6.12. The Morgan fingerprint density at radius 1 is 1.10 bits per heavy atom. The Labute approximate surface area is 123 Å². The minimum atomic E-state index is -1.16. The fraction of sp³-hybridized carbons (Fsp3) is 0.786. The molecule has 1 aliphatic heterocycles. The van der Waals surface area contributed by atoms with Crippen LogP contribution in [0.2, 0.25) is 0 Å². The number of aliphatic carboxylic acids is 2. The number of hydrogen-bond donors (Lipinski definition) is 3. The van der Waals surface area contributed by atoms with Crippen molar-refractivity contribution in [2.75, 3.05) is 19.6 Å². The molecule has 0 bridgehead atoms. The van der Waals surface area contributed by atoms with Gasteiger partial charge in [0.1, 0.15) is 0 Å². The standard InChI is InChI=1S/C14H22N2O5/c15-8-14(4-1-2-5-14)13(21)16-6-3-9(11(17)18)10(7-16)12(19)20/h9-10H,1-8,15H2,(H,17,18)(H,19,20). The Balaban J connectivity index is 2.13. The summed E-state index contributed by atoms with van der Waals surface area (Å²) in [6.45, 7) is 0.524. The van der Waals surface area contributed by atoms with Crippen molar-refractivity contribution in [2.24, 2.45) is 23.0 Å². The van der Waals surface area contributed by atoms with Gasteiger partial charge in [0.25, 0.3) is 0 Å². The summed E-state index contributed by atoms with van der Waals surface area (Å²) >= 11 is 0. The maximum atomic E-state index is 12.7. The molecular formula is C14H22N2O5. The van der Waals surface area contributed by atoms with E-state index < -0.39 is 29.2 Å². The fourth-order valence-corrected chi connectivity index (χ4v) is 3.57. The highest BCUT2D eigenvalue weighted by molar-refractivity contribution is 5.86. The van der Waals surface area contributed by atoms with Gasteiger partial charge in [-0.15, -0.1) is 0 Å². The predicted octanol–water partition coefficient (Wildman–Crippen LogP) is 0.139. The highest BCUT2D eigenvalue weighted by Crippen LogP contribution is 2.40. The van der Waals surface area contributed by atoms with Crippen LogP contribution in [0, 0.1) is 17.3 Å². The van der Waals surface area contributed by atoms with Crippen LogP contribution in [0.3, 0.4) is 0 Å². The van der Waals surface area contributed by atoms with Gasteiger partial charge in [0.15, 0.2) is 0 Å². The molecule has 2 rings (SSSR count). The van der Waals surface area contributed by atoms with E-state index in [9.17, 15) is 19.5 Å². The lowest BCUT2D eigenvalue weighted by Gasteiger charge is -2.39. The maximum Gasteiger partial charge on any atom is 0.309 e. The maximum absolute atomic E-state index is 12.7. The van der Waals surface area contributed by atoms with Crippen LogP contribution < -0.4 is 5.73 Å². The van der Waals surface area contributed by atoms with Gasteiger partial charge in [0.05, 0.1) is 17.3 Å². The van der Waals surface area contributed by atoms with E-state index in [1.165, 1.54) is 4.90 Å². The van der Waals surface area contributed by atoms with Crippen molar-refractivity contribution in [1.29, 1.82) is 0 Å². The van der Waals surface area contributed by atoms with E-state index in [-0.39, 0.29) is 25.4 Å². The van der Waals surface area contributed by atoms with Crippen molar-refractivity contribution in [3.05, 3.63) is 0 Å². The molecule has 1 saturated carbocycles. The van der Waals surface area contributed by atoms with Crippen molar-refractivity contribution in [3.8, 4) is 0 Å². The molecular weight excluding hydrogens is 276 g/mol. The number of piperidine rings is 1. The zero-order valence-electron chi connectivity index (χ0n) is 12.0.